The number of hydrogen-bond acceptors (Lipinski definition) is 7. The number of nitrogens with zero attached hydrogens (tertiary/aromatic N) is 3. The zero-order chi connectivity index (χ0) is 15.8. The third-order valence-corrected chi connectivity index (χ3v) is 2.60. The first kappa shape index (κ1) is 16.6. The number of methoxy groups -OCH3 is 1. The average molecular weight is 299 g/mol. The lowest BCUT2D eigenvalue weighted by molar-refractivity contribution is -0.144. The van der Waals surface area contributed by atoms with Gasteiger partial charge in [-0.05, 0) is 6.42 Å². The number of esters is 1. The molecular formula is C11H17N5O5. The Balaban J connectivity index is 2.51. The number of carbonyl (C=O) groups excluding carboxylic acids is 2. The van der Waals surface area contributed by atoms with Crippen LogP contribution in [0.25, 0.3) is 0 Å². The van der Waals surface area contributed by atoms with Crippen molar-refractivity contribution in [2.75, 3.05) is 7.11 Å². The second-order valence-electron chi connectivity index (χ2n) is 4.18. The van der Waals surface area contributed by atoms with Crippen molar-refractivity contribution in [1.82, 2.24) is 20.3 Å². The Labute approximate surface area is 120 Å². The van der Waals surface area contributed by atoms with Crippen LogP contribution in [0.15, 0.2) is 6.20 Å². The number of hydrogen-bond donors (Lipinski definition) is 3. The topological polar surface area (TPSA) is 149 Å². The van der Waals surface area contributed by atoms with E-state index < -0.39 is 23.9 Å². The van der Waals surface area contributed by atoms with Gasteiger partial charge in [0.1, 0.15) is 12.6 Å². The Kier molecular flexibility index (Phi) is 6.27. The molecule has 10 heteroatoms. The Morgan fingerprint density at radius 2 is 2.24 bits per heavy atom. The fourth-order valence-corrected chi connectivity index (χ4v) is 1.52. The molecule has 0 aliphatic heterocycles. The Morgan fingerprint density at radius 3 is 2.76 bits per heavy atom. The highest BCUT2D eigenvalue weighted by molar-refractivity contribution is 5.83. The predicted molar refractivity (Wildman–Crippen MR) is 68.7 cm³/mol. The fraction of sp³-hybridized carbons (Fsp3) is 0.545. The molecule has 0 radical (unpaired) electrons. The van der Waals surface area contributed by atoms with Gasteiger partial charge >= 0.3 is 11.9 Å². The molecule has 0 saturated carbocycles. The molecule has 1 aromatic rings. The van der Waals surface area contributed by atoms with Crippen LogP contribution in [0.4, 0.5) is 0 Å². The first-order valence-corrected chi connectivity index (χ1v) is 6.14. The van der Waals surface area contributed by atoms with Crippen LogP contribution >= 0.6 is 0 Å². The van der Waals surface area contributed by atoms with E-state index in [9.17, 15) is 14.4 Å². The molecular weight excluding hydrogens is 282 g/mol. The minimum Gasteiger partial charge on any atom is -0.480 e. The summed E-state index contributed by atoms with van der Waals surface area (Å²) in [4.78, 5) is 33.7. The number of nitrogens with one attached hydrogen (secondary N) is 1. The highest BCUT2D eigenvalue weighted by Gasteiger charge is 2.21. The molecule has 1 amide bonds. The van der Waals surface area contributed by atoms with Crippen molar-refractivity contribution in [3.05, 3.63) is 11.9 Å². The van der Waals surface area contributed by atoms with Crippen molar-refractivity contribution in [2.24, 2.45) is 5.73 Å². The van der Waals surface area contributed by atoms with Crippen LogP contribution in [-0.4, -0.2) is 51.1 Å². The SMILES string of the molecule is COC(=O)CCC(NC(=O)Cn1cc(CN)nn1)C(=O)O. The van der Waals surface area contributed by atoms with Gasteiger partial charge in [0.15, 0.2) is 0 Å². The van der Waals surface area contributed by atoms with Crippen LogP contribution in [0, 0.1) is 0 Å². The van der Waals surface area contributed by atoms with E-state index in [1.165, 1.54) is 18.0 Å². The first-order chi connectivity index (χ1) is 9.96. The molecule has 21 heavy (non-hydrogen) atoms. The van der Waals surface area contributed by atoms with Gasteiger partial charge < -0.3 is 20.9 Å². The Morgan fingerprint density at radius 1 is 1.52 bits per heavy atom. The van der Waals surface area contributed by atoms with E-state index in [0.717, 1.165) is 0 Å². The van der Waals surface area contributed by atoms with Crippen molar-refractivity contribution in [3.63, 3.8) is 0 Å². The van der Waals surface area contributed by atoms with Crippen LogP contribution < -0.4 is 11.1 Å². The average Bonchev–Trinajstić information content (AvgIpc) is 2.90. The number of carboxylic acid groups (broad SMARTS) is 1. The van der Waals surface area contributed by atoms with Crippen LogP contribution in [0.1, 0.15) is 18.5 Å². The number of aliphatic carboxylic acids is 1. The number of carboxylic acids is 1. The maximum atomic E-state index is 11.7. The summed E-state index contributed by atoms with van der Waals surface area (Å²) < 4.78 is 5.66. The maximum absolute atomic E-state index is 11.7. The quantitative estimate of drug-likeness (QED) is 0.479. The van der Waals surface area contributed by atoms with Gasteiger partial charge in [-0.3, -0.25) is 9.59 Å². The maximum Gasteiger partial charge on any atom is 0.326 e. The predicted octanol–water partition coefficient (Wildman–Crippen LogP) is -1.74. The van der Waals surface area contributed by atoms with Crippen LogP contribution in [0.2, 0.25) is 0 Å². The molecule has 0 aliphatic rings. The second-order valence-corrected chi connectivity index (χ2v) is 4.18. The van der Waals surface area contributed by atoms with E-state index >= 15 is 0 Å². The summed E-state index contributed by atoms with van der Waals surface area (Å²) in [6.45, 7) is 0.00744. The van der Waals surface area contributed by atoms with Gasteiger partial charge in [-0.15, -0.1) is 5.10 Å². The lowest BCUT2D eigenvalue weighted by Crippen LogP contribution is -2.42. The minimum atomic E-state index is -1.23. The van der Waals surface area contributed by atoms with Gasteiger partial charge in [0.05, 0.1) is 19.0 Å². The number of amides is 1. The number of carbonyl (C=O) groups is 3. The zero-order valence-corrected chi connectivity index (χ0v) is 11.5. The van der Waals surface area contributed by atoms with Gasteiger partial charge in [-0.25, -0.2) is 9.48 Å². The second kappa shape index (κ2) is 7.94. The van der Waals surface area contributed by atoms with E-state index in [-0.39, 0.29) is 25.9 Å². The molecule has 0 spiro atoms. The van der Waals surface area contributed by atoms with Crippen LogP contribution in [0.3, 0.4) is 0 Å². The van der Waals surface area contributed by atoms with Crippen molar-refractivity contribution >= 4 is 17.8 Å². The molecule has 1 aromatic heterocycles. The van der Waals surface area contributed by atoms with E-state index in [0.29, 0.717) is 5.69 Å². The summed E-state index contributed by atoms with van der Waals surface area (Å²) in [5.74, 6) is -2.33. The van der Waals surface area contributed by atoms with Crippen LogP contribution in [0.5, 0.6) is 0 Å². The van der Waals surface area contributed by atoms with Gasteiger partial charge in [0, 0.05) is 13.0 Å². The number of nitrogens with two attached hydrogens (primary N) is 1. The lowest BCUT2D eigenvalue weighted by atomic mass is 10.1. The first-order valence-electron chi connectivity index (χ1n) is 6.14. The van der Waals surface area contributed by atoms with Crippen LogP contribution in [-0.2, 0) is 32.2 Å². The molecule has 1 atom stereocenters. The molecule has 1 unspecified atom stereocenters. The fourth-order valence-electron chi connectivity index (χ4n) is 1.52. The van der Waals surface area contributed by atoms with E-state index in [4.69, 9.17) is 10.8 Å². The molecule has 0 aliphatic carbocycles. The molecule has 1 heterocycles. The van der Waals surface area contributed by atoms with Gasteiger partial charge in [0.25, 0.3) is 0 Å². The zero-order valence-electron chi connectivity index (χ0n) is 11.5. The Hall–Kier alpha value is -2.49. The summed E-state index contributed by atoms with van der Waals surface area (Å²) in [6, 6.07) is -1.17. The van der Waals surface area contributed by atoms with Crippen molar-refractivity contribution < 1.29 is 24.2 Å². The van der Waals surface area contributed by atoms with Crippen molar-refractivity contribution in [1.29, 1.82) is 0 Å². The van der Waals surface area contributed by atoms with Crippen molar-refractivity contribution in [3.8, 4) is 0 Å². The highest BCUT2D eigenvalue weighted by Crippen LogP contribution is 2.00. The third kappa shape index (κ3) is 5.57. The number of aromatic nitrogens is 3. The normalized spacial score (nSPS) is 11.7. The smallest absolute Gasteiger partial charge is 0.326 e. The van der Waals surface area contributed by atoms with E-state index in [2.05, 4.69) is 20.4 Å². The largest absolute Gasteiger partial charge is 0.480 e. The lowest BCUT2D eigenvalue weighted by Gasteiger charge is -2.13. The minimum absolute atomic E-state index is 0.0564. The van der Waals surface area contributed by atoms with E-state index in [1.807, 2.05) is 0 Å². The number of rotatable bonds is 8. The molecule has 0 saturated heterocycles. The highest BCUT2D eigenvalue weighted by atomic mass is 16.5. The van der Waals surface area contributed by atoms with Crippen molar-refractivity contribution in [2.45, 2.75) is 32.0 Å². The molecule has 116 valence electrons. The number of ether oxygens (including phenoxy) is 1. The molecule has 10 nitrogen and oxygen atoms in total. The van der Waals surface area contributed by atoms with Gasteiger partial charge in [-0.1, -0.05) is 5.21 Å². The van der Waals surface area contributed by atoms with Gasteiger partial charge in [-0.2, -0.15) is 0 Å². The summed E-state index contributed by atoms with van der Waals surface area (Å²) >= 11 is 0. The molecule has 0 fully saturated rings. The Bertz CT molecular complexity index is 515. The molecule has 4 N–H and O–H groups in total. The standard InChI is InChI=1S/C11H17N5O5/c1-21-10(18)3-2-8(11(19)20)13-9(17)6-16-5-7(4-12)14-15-16/h5,8H,2-4,6,12H2,1H3,(H,13,17)(H,19,20). The summed E-state index contributed by atoms with van der Waals surface area (Å²) in [5.41, 5.74) is 5.87. The summed E-state index contributed by atoms with van der Waals surface area (Å²) in [7, 11) is 1.20. The summed E-state index contributed by atoms with van der Waals surface area (Å²) in [5, 5.41) is 18.7. The monoisotopic (exact) mass is 299 g/mol. The molecule has 1 rings (SSSR count). The van der Waals surface area contributed by atoms with Gasteiger partial charge in [0.2, 0.25) is 5.91 Å². The summed E-state index contributed by atoms with van der Waals surface area (Å²) in [6.07, 6.45) is 1.33. The van der Waals surface area contributed by atoms with E-state index in [1.54, 1.807) is 0 Å². The molecule has 0 aromatic carbocycles. The third-order valence-electron chi connectivity index (χ3n) is 2.60. The molecule has 0 bridgehead atoms.